The van der Waals surface area contributed by atoms with E-state index in [1.165, 1.54) is 11.3 Å². The molecular weight excluding hydrogens is 338 g/mol. The van der Waals surface area contributed by atoms with E-state index in [9.17, 15) is 4.79 Å². The molecule has 5 heteroatoms. The van der Waals surface area contributed by atoms with E-state index in [0.29, 0.717) is 0 Å². The first-order chi connectivity index (χ1) is 13.0. The number of carbonyl (C=O) groups is 1. The Kier molecular flexibility index (Phi) is 6.22. The monoisotopic (exact) mass is 367 g/mol. The largest absolute Gasteiger partial charge is 0.491 e. The molecule has 1 saturated heterocycles. The van der Waals surface area contributed by atoms with E-state index in [2.05, 4.69) is 41.4 Å². The van der Waals surface area contributed by atoms with E-state index in [-0.39, 0.29) is 12.1 Å². The minimum absolute atomic E-state index is 0.0477. The number of urea groups is 1. The van der Waals surface area contributed by atoms with Crippen molar-refractivity contribution in [3.63, 3.8) is 0 Å². The van der Waals surface area contributed by atoms with Gasteiger partial charge in [0, 0.05) is 37.6 Å². The summed E-state index contributed by atoms with van der Waals surface area (Å²) in [6.07, 6.45) is 1.19. The number of rotatable bonds is 5. The summed E-state index contributed by atoms with van der Waals surface area (Å²) < 4.78 is 5.63. The van der Waals surface area contributed by atoms with Crippen LogP contribution in [0.4, 0.5) is 16.2 Å². The Balaban J connectivity index is 1.50. The van der Waals surface area contributed by atoms with E-state index in [4.69, 9.17) is 4.74 Å². The third-order valence-corrected chi connectivity index (χ3v) is 4.75. The molecule has 0 spiro atoms. The van der Waals surface area contributed by atoms with E-state index >= 15 is 0 Å². The second-order valence-electron chi connectivity index (χ2n) is 7.12. The molecule has 0 atom stereocenters. The second-order valence-corrected chi connectivity index (χ2v) is 7.12. The lowest BCUT2D eigenvalue weighted by molar-refractivity contribution is 0.208. The van der Waals surface area contributed by atoms with Gasteiger partial charge in [0.15, 0.2) is 0 Å². The van der Waals surface area contributed by atoms with E-state index in [0.717, 1.165) is 44.0 Å². The van der Waals surface area contributed by atoms with Gasteiger partial charge in [-0.25, -0.2) is 4.79 Å². The number of piperazine rings is 1. The second kappa shape index (κ2) is 8.80. The summed E-state index contributed by atoms with van der Waals surface area (Å²) in [5, 5.41) is 2.97. The Bertz CT molecular complexity index is 733. The molecule has 1 fully saturated rings. The first-order valence-electron chi connectivity index (χ1n) is 9.71. The quantitative estimate of drug-likeness (QED) is 0.852. The molecule has 0 saturated carbocycles. The van der Waals surface area contributed by atoms with Gasteiger partial charge in [0.05, 0.1) is 6.10 Å². The van der Waals surface area contributed by atoms with Crippen LogP contribution in [0.5, 0.6) is 5.75 Å². The summed E-state index contributed by atoms with van der Waals surface area (Å²) in [6, 6.07) is 16.2. The number of nitrogens with zero attached hydrogens (tertiary/aromatic N) is 2. The summed E-state index contributed by atoms with van der Waals surface area (Å²) in [6.45, 7) is 9.28. The Morgan fingerprint density at radius 1 is 1.00 bits per heavy atom. The average Bonchev–Trinajstić information content (AvgIpc) is 2.69. The van der Waals surface area contributed by atoms with Crippen LogP contribution in [0.15, 0.2) is 48.5 Å². The molecule has 0 aromatic heterocycles. The van der Waals surface area contributed by atoms with Crippen molar-refractivity contribution in [3.8, 4) is 5.75 Å². The first kappa shape index (κ1) is 19.1. The predicted octanol–water partition coefficient (Wildman–Crippen LogP) is 4.39. The lowest BCUT2D eigenvalue weighted by Crippen LogP contribution is -2.50. The van der Waals surface area contributed by atoms with Gasteiger partial charge in [0.25, 0.3) is 0 Å². The summed E-state index contributed by atoms with van der Waals surface area (Å²) in [7, 11) is 0. The molecule has 0 bridgehead atoms. The molecule has 27 heavy (non-hydrogen) atoms. The van der Waals surface area contributed by atoms with Gasteiger partial charge >= 0.3 is 6.03 Å². The zero-order valence-electron chi connectivity index (χ0n) is 16.4. The van der Waals surface area contributed by atoms with Crippen molar-refractivity contribution < 1.29 is 9.53 Å². The number of hydrogen-bond acceptors (Lipinski definition) is 3. The van der Waals surface area contributed by atoms with Crippen LogP contribution in [-0.4, -0.2) is 43.2 Å². The van der Waals surface area contributed by atoms with Crippen molar-refractivity contribution in [1.29, 1.82) is 0 Å². The van der Waals surface area contributed by atoms with Crippen LogP contribution >= 0.6 is 0 Å². The summed E-state index contributed by atoms with van der Waals surface area (Å²) in [5.74, 6) is 0.811. The number of carbonyl (C=O) groups excluding carboxylic acids is 1. The molecule has 0 aliphatic carbocycles. The number of benzene rings is 2. The maximum Gasteiger partial charge on any atom is 0.321 e. The summed E-state index contributed by atoms with van der Waals surface area (Å²) >= 11 is 0. The van der Waals surface area contributed by atoms with Crippen LogP contribution in [0.1, 0.15) is 26.3 Å². The minimum Gasteiger partial charge on any atom is -0.491 e. The SMILES string of the molecule is CCc1ccc(N2CCN(C(=O)Nc3ccc(OC(C)C)cc3)CC2)cc1. The highest BCUT2D eigenvalue weighted by Crippen LogP contribution is 2.20. The van der Waals surface area contributed by atoms with Crippen LogP contribution in [-0.2, 0) is 6.42 Å². The van der Waals surface area contributed by atoms with Crippen LogP contribution in [0, 0.1) is 0 Å². The van der Waals surface area contributed by atoms with Gasteiger partial charge in [-0.15, -0.1) is 0 Å². The molecule has 5 nitrogen and oxygen atoms in total. The zero-order chi connectivity index (χ0) is 19.2. The van der Waals surface area contributed by atoms with Crippen molar-refractivity contribution in [2.75, 3.05) is 36.4 Å². The highest BCUT2D eigenvalue weighted by Gasteiger charge is 2.21. The molecule has 144 valence electrons. The number of aryl methyl sites for hydroxylation is 1. The molecular formula is C22H29N3O2. The molecule has 1 heterocycles. The molecule has 1 aliphatic heterocycles. The van der Waals surface area contributed by atoms with Gasteiger partial charge in [-0.05, 0) is 62.2 Å². The molecule has 0 unspecified atom stereocenters. The van der Waals surface area contributed by atoms with E-state index < -0.39 is 0 Å². The summed E-state index contributed by atoms with van der Waals surface area (Å²) in [4.78, 5) is 16.7. The smallest absolute Gasteiger partial charge is 0.321 e. The predicted molar refractivity (Wildman–Crippen MR) is 111 cm³/mol. The maximum atomic E-state index is 12.5. The number of ether oxygens (including phenoxy) is 1. The third-order valence-electron chi connectivity index (χ3n) is 4.75. The van der Waals surface area contributed by atoms with Crippen molar-refractivity contribution >= 4 is 17.4 Å². The van der Waals surface area contributed by atoms with Crippen LogP contribution in [0.25, 0.3) is 0 Å². The standard InChI is InChI=1S/C22H29N3O2/c1-4-18-5-9-20(10-6-18)24-13-15-25(16-14-24)22(26)23-19-7-11-21(12-8-19)27-17(2)3/h5-12,17H,4,13-16H2,1-3H3,(H,23,26). The van der Waals surface area contributed by atoms with E-state index in [1.807, 2.05) is 43.0 Å². The van der Waals surface area contributed by atoms with Gasteiger partial charge in [-0.3, -0.25) is 0 Å². The van der Waals surface area contributed by atoms with Crippen LogP contribution in [0.2, 0.25) is 0 Å². The molecule has 2 aromatic carbocycles. The number of amides is 2. The highest BCUT2D eigenvalue weighted by atomic mass is 16.5. The molecule has 3 rings (SSSR count). The Morgan fingerprint density at radius 3 is 2.19 bits per heavy atom. The fourth-order valence-electron chi connectivity index (χ4n) is 3.20. The van der Waals surface area contributed by atoms with Crippen LogP contribution in [0.3, 0.4) is 0 Å². The fraction of sp³-hybridized carbons (Fsp3) is 0.409. The van der Waals surface area contributed by atoms with Gasteiger partial charge in [-0.2, -0.15) is 0 Å². The van der Waals surface area contributed by atoms with Gasteiger partial charge in [-0.1, -0.05) is 19.1 Å². The lowest BCUT2D eigenvalue weighted by atomic mass is 10.1. The van der Waals surface area contributed by atoms with Crippen molar-refractivity contribution in [1.82, 2.24) is 4.90 Å². The fourth-order valence-corrected chi connectivity index (χ4v) is 3.20. The topological polar surface area (TPSA) is 44.8 Å². The highest BCUT2D eigenvalue weighted by molar-refractivity contribution is 5.89. The normalized spacial score (nSPS) is 14.4. The average molecular weight is 367 g/mol. The first-order valence-corrected chi connectivity index (χ1v) is 9.71. The van der Waals surface area contributed by atoms with Gasteiger partial charge < -0.3 is 19.9 Å². The van der Waals surface area contributed by atoms with Crippen LogP contribution < -0.4 is 15.0 Å². The van der Waals surface area contributed by atoms with Crippen molar-refractivity contribution in [2.45, 2.75) is 33.3 Å². The van der Waals surface area contributed by atoms with Gasteiger partial charge in [0.2, 0.25) is 0 Å². The number of hydrogen-bond donors (Lipinski definition) is 1. The molecule has 2 amide bonds. The summed E-state index contributed by atoms with van der Waals surface area (Å²) in [5.41, 5.74) is 3.36. The Labute approximate surface area is 161 Å². The number of nitrogens with one attached hydrogen (secondary N) is 1. The molecule has 0 radical (unpaired) electrons. The van der Waals surface area contributed by atoms with Crippen molar-refractivity contribution in [2.24, 2.45) is 0 Å². The minimum atomic E-state index is -0.0477. The zero-order valence-corrected chi connectivity index (χ0v) is 16.4. The molecule has 1 aliphatic rings. The molecule has 1 N–H and O–H groups in total. The third kappa shape index (κ3) is 5.16. The lowest BCUT2D eigenvalue weighted by Gasteiger charge is -2.36. The van der Waals surface area contributed by atoms with Gasteiger partial charge in [0.1, 0.15) is 5.75 Å². The maximum absolute atomic E-state index is 12.5. The number of anilines is 2. The molecule has 2 aromatic rings. The van der Waals surface area contributed by atoms with E-state index in [1.54, 1.807) is 0 Å². The Hall–Kier alpha value is -2.69. The Morgan fingerprint density at radius 2 is 1.63 bits per heavy atom. The van der Waals surface area contributed by atoms with Crippen molar-refractivity contribution in [3.05, 3.63) is 54.1 Å².